The molecule has 7 nitrogen and oxygen atoms in total. The first-order chi connectivity index (χ1) is 14.7. The first-order valence-corrected chi connectivity index (χ1v) is 10.9. The highest BCUT2D eigenvalue weighted by Gasteiger charge is 2.39. The highest BCUT2D eigenvalue weighted by atomic mass is 19.1. The van der Waals surface area contributed by atoms with Crippen molar-refractivity contribution in [1.29, 1.82) is 5.26 Å². The van der Waals surface area contributed by atoms with Crippen molar-refractivity contribution in [2.75, 3.05) is 13.1 Å². The normalized spacial score (nSPS) is 26.2. The van der Waals surface area contributed by atoms with Crippen molar-refractivity contribution in [3.8, 4) is 6.07 Å². The number of aromatic nitrogens is 1. The van der Waals surface area contributed by atoms with E-state index in [1.54, 1.807) is 27.0 Å². The maximum absolute atomic E-state index is 13.8. The van der Waals surface area contributed by atoms with Crippen molar-refractivity contribution in [3.05, 3.63) is 30.1 Å². The molecule has 1 saturated heterocycles. The maximum Gasteiger partial charge on any atom is 0.411 e. The van der Waals surface area contributed by atoms with E-state index in [9.17, 15) is 19.2 Å². The van der Waals surface area contributed by atoms with Gasteiger partial charge in [0, 0.05) is 30.3 Å². The van der Waals surface area contributed by atoms with Crippen LogP contribution < -0.4 is 0 Å². The zero-order valence-corrected chi connectivity index (χ0v) is 18.5. The third kappa shape index (κ3) is 5.93. The number of pyridine rings is 1. The largest absolute Gasteiger partial charge is 0.444 e. The Hall–Kier alpha value is -2.69. The number of hydrogen-bond acceptors (Lipinski definition) is 5. The third-order valence-corrected chi connectivity index (χ3v) is 5.90. The predicted molar refractivity (Wildman–Crippen MR) is 113 cm³/mol. The minimum absolute atomic E-state index is 0.0177. The van der Waals surface area contributed by atoms with E-state index >= 15 is 0 Å². The molecule has 2 unspecified atom stereocenters. The number of likely N-dealkylation sites (tertiary alicyclic amines) is 1. The van der Waals surface area contributed by atoms with Gasteiger partial charge in [-0.05, 0) is 58.6 Å². The zero-order chi connectivity index (χ0) is 22.6. The van der Waals surface area contributed by atoms with Gasteiger partial charge in [0.1, 0.15) is 24.4 Å². The topological polar surface area (TPSA) is 86.5 Å². The SMILES string of the molecule is CC(C)(C)OC(=O)N(CC(=O)N1CC(F)CC1C#N)C1CCC(c2ccccn2)CC1. The Morgan fingerprint density at radius 3 is 2.58 bits per heavy atom. The van der Waals surface area contributed by atoms with Crippen molar-refractivity contribution < 1.29 is 18.7 Å². The summed E-state index contributed by atoms with van der Waals surface area (Å²) in [5, 5.41) is 9.26. The van der Waals surface area contributed by atoms with Crippen LogP contribution in [0.15, 0.2) is 24.4 Å². The summed E-state index contributed by atoms with van der Waals surface area (Å²) in [5.74, 6) is -0.0908. The van der Waals surface area contributed by atoms with E-state index in [-0.39, 0.29) is 25.6 Å². The van der Waals surface area contributed by atoms with Crippen LogP contribution in [-0.4, -0.2) is 63.7 Å². The van der Waals surface area contributed by atoms with Crippen molar-refractivity contribution in [1.82, 2.24) is 14.8 Å². The van der Waals surface area contributed by atoms with Crippen LogP contribution in [0.4, 0.5) is 9.18 Å². The summed E-state index contributed by atoms with van der Waals surface area (Å²) in [7, 11) is 0. The van der Waals surface area contributed by atoms with Gasteiger partial charge in [0.2, 0.25) is 5.91 Å². The molecule has 2 heterocycles. The summed E-state index contributed by atoms with van der Waals surface area (Å²) in [5.41, 5.74) is 0.347. The number of carbonyl (C=O) groups excluding carboxylic acids is 2. The van der Waals surface area contributed by atoms with E-state index in [2.05, 4.69) is 4.98 Å². The molecular formula is C23H31FN4O3. The van der Waals surface area contributed by atoms with E-state index in [0.29, 0.717) is 5.92 Å². The molecule has 1 aromatic rings. The van der Waals surface area contributed by atoms with Crippen LogP contribution in [0, 0.1) is 11.3 Å². The number of alkyl halides is 1. The Bertz CT molecular complexity index is 812. The minimum atomic E-state index is -1.21. The molecule has 1 aliphatic carbocycles. The van der Waals surface area contributed by atoms with E-state index in [0.717, 1.165) is 31.4 Å². The van der Waals surface area contributed by atoms with Gasteiger partial charge in [0.25, 0.3) is 0 Å². The first kappa shape index (κ1) is 23.0. The molecule has 1 aromatic heterocycles. The molecule has 168 valence electrons. The van der Waals surface area contributed by atoms with Gasteiger partial charge in [-0.2, -0.15) is 5.26 Å². The van der Waals surface area contributed by atoms with Crippen molar-refractivity contribution in [2.24, 2.45) is 0 Å². The zero-order valence-electron chi connectivity index (χ0n) is 18.5. The molecule has 31 heavy (non-hydrogen) atoms. The van der Waals surface area contributed by atoms with E-state index in [1.807, 2.05) is 24.3 Å². The van der Waals surface area contributed by atoms with Crippen LogP contribution in [0.25, 0.3) is 0 Å². The van der Waals surface area contributed by atoms with Crippen molar-refractivity contribution in [3.63, 3.8) is 0 Å². The third-order valence-electron chi connectivity index (χ3n) is 5.90. The minimum Gasteiger partial charge on any atom is -0.444 e. The lowest BCUT2D eigenvalue weighted by molar-refractivity contribution is -0.133. The van der Waals surface area contributed by atoms with Gasteiger partial charge in [0.15, 0.2) is 0 Å². The quantitative estimate of drug-likeness (QED) is 0.725. The molecule has 3 rings (SSSR count). The molecular weight excluding hydrogens is 399 g/mol. The Morgan fingerprint density at radius 2 is 2.00 bits per heavy atom. The molecule has 1 aliphatic heterocycles. The lowest BCUT2D eigenvalue weighted by Gasteiger charge is -2.38. The fourth-order valence-corrected chi connectivity index (χ4v) is 4.38. The summed E-state index contributed by atoms with van der Waals surface area (Å²) in [6.45, 7) is 5.03. The second-order valence-electron chi connectivity index (χ2n) is 9.39. The average molecular weight is 431 g/mol. The second kappa shape index (κ2) is 9.63. The van der Waals surface area contributed by atoms with Gasteiger partial charge >= 0.3 is 6.09 Å². The highest BCUT2D eigenvalue weighted by molar-refractivity contribution is 5.83. The number of hydrogen-bond donors (Lipinski definition) is 0. The number of halogens is 1. The Labute approximate surface area is 183 Å². The molecule has 0 N–H and O–H groups in total. The van der Waals surface area contributed by atoms with Gasteiger partial charge in [-0.25, -0.2) is 9.18 Å². The number of nitrogens with zero attached hydrogens (tertiary/aromatic N) is 4. The van der Waals surface area contributed by atoms with Crippen LogP contribution in [0.2, 0.25) is 0 Å². The van der Waals surface area contributed by atoms with Crippen LogP contribution in [0.5, 0.6) is 0 Å². The van der Waals surface area contributed by atoms with Crippen molar-refractivity contribution >= 4 is 12.0 Å². The monoisotopic (exact) mass is 430 g/mol. The van der Waals surface area contributed by atoms with E-state index in [1.165, 1.54) is 9.80 Å². The standard InChI is InChI=1S/C23H31FN4O3/c1-23(2,3)31-22(30)28(15-21(29)27-14-17(24)12-19(27)13-25)18-9-7-16(8-10-18)20-6-4-5-11-26-20/h4-6,11,16-19H,7-10,12,14-15H2,1-3H3. The lowest BCUT2D eigenvalue weighted by atomic mass is 9.83. The molecule has 2 aliphatic rings. The fourth-order valence-electron chi connectivity index (χ4n) is 4.38. The Kier molecular flexibility index (Phi) is 7.14. The lowest BCUT2D eigenvalue weighted by Crippen LogP contribution is -2.50. The number of nitriles is 1. The van der Waals surface area contributed by atoms with Crippen LogP contribution in [0.3, 0.4) is 0 Å². The van der Waals surface area contributed by atoms with Gasteiger partial charge in [-0.1, -0.05) is 6.07 Å². The summed E-state index contributed by atoms with van der Waals surface area (Å²) >= 11 is 0. The molecule has 0 spiro atoms. The molecule has 8 heteroatoms. The number of carbonyl (C=O) groups is 2. The van der Waals surface area contributed by atoms with E-state index in [4.69, 9.17) is 4.74 Å². The molecule has 2 amide bonds. The molecule has 0 radical (unpaired) electrons. The first-order valence-electron chi connectivity index (χ1n) is 10.9. The molecule has 2 atom stereocenters. The molecule has 2 fully saturated rings. The second-order valence-corrected chi connectivity index (χ2v) is 9.39. The van der Waals surface area contributed by atoms with Crippen LogP contribution in [-0.2, 0) is 9.53 Å². The smallest absolute Gasteiger partial charge is 0.411 e. The summed E-state index contributed by atoms with van der Waals surface area (Å²) in [6.07, 6.45) is 3.20. The number of ether oxygens (including phenoxy) is 1. The summed E-state index contributed by atoms with van der Waals surface area (Å²) in [4.78, 5) is 33.0. The summed E-state index contributed by atoms with van der Waals surface area (Å²) < 4.78 is 19.4. The molecule has 0 aromatic carbocycles. The van der Waals surface area contributed by atoms with Crippen LogP contribution >= 0.6 is 0 Å². The Morgan fingerprint density at radius 1 is 1.29 bits per heavy atom. The van der Waals surface area contributed by atoms with Crippen molar-refractivity contribution in [2.45, 2.75) is 82.6 Å². The van der Waals surface area contributed by atoms with Gasteiger partial charge in [-0.3, -0.25) is 14.7 Å². The maximum atomic E-state index is 13.8. The van der Waals surface area contributed by atoms with E-state index < -0.39 is 29.8 Å². The molecule has 0 bridgehead atoms. The Balaban J connectivity index is 1.70. The fraction of sp³-hybridized carbons (Fsp3) is 0.652. The van der Waals surface area contributed by atoms with Gasteiger partial charge in [0.05, 0.1) is 12.6 Å². The van der Waals surface area contributed by atoms with Crippen LogP contribution in [0.1, 0.15) is 64.5 Å². The number of rotatable bonds is 4. The average Bonchev–Trinajstić information content (AvgIpc) is 3.12. The highest BCUT2D eigenvalue weighted by Crippen LogP contribution is 2.34. The number of amides is 2. The molecule has 1 saturated carbocycles. The predicted octanol–water partition coefficient (Wildman–Crippen LogP) is 3.81. The summed E-state index contributed by atoms with van der Waals surface area (Å²) in [6, 6.07) is 6.93. The van der Waals surface area contributed by atoms with Gasteiger partial charge in [-0.15, -0.1) is 0 Å². The van der Waals surface area contributed by atoms with Gasteiger partial charge < -0.3 is 9.64 Å².